The Labute approximate surface area is 146 Å². The number of halogens is 1. The molecule has 1 saturated heterocycles. The Balaban J connectivity index is 1.86. The van der Waals surface area contributed by atoms with E-state index in [-0.39, 0.29) is 5.91 Å². The normalized spacial score (nSPS) is 18.0. The van der Waals surface area contributed by atoms with Crippen LogP contribution in [0.3, 0.4) is 0 Å². The third kappa shape index (κ3) is 3.32. The molecular weight excluding hydrogens is 326 g/mol. The Morgan fingerprint density at radius 2 is 2.12 bits per heavy atom. The van der Waals surface area contributed by atoms with Gasteiger partial charge in [0.05, 0.1) is 23.9 Å². The van der Waals surface area contributed by atoms with Crippen molar-refractivity contribution in [3.05, 3.63) is 51.8 Å². The second-order valence-corrected chi connectivity index (χ2v) is 6.75. The summed E-state index contributed by atoms with van der Waals surface area (Å²) in [6.07, 6.45) is 1.16. The predicted molar refractivity (Wildman–Crippen MR) is 93.4 cm³/mol. The lowest BCUT2D eigenvalue weighted by atomic mass is 10.1. The number of aromatic nitrogens is 2. The predicted octanol–water partition coefficient (Wildman–Crippen LogP) is 2.80. The van der Waals surface area contributed by atoms with Gasteiger partial charge in [0.2, 0.25) is 0 Å². The van der Waals surface area contributed by atoms with Crippen LogP contribution in [0.1, 0.15) is 40.2 Å². The Hall–Kier alpha value is -1.85. The summed E-state index contributed by atoms with van der Waals surface area (Å²) >= 11 is 6.23. The zero-order chi connectivity index (χ0) is 17.3. The van der Waals surface area contributed by atoms with Gasteiger partial charge in [0.15, 0.2) is 0 Å². The lowest BCUT2D eigenvalue weighted by molar-refractivity contribution is 0.0472. The first-order chi connectivity index (χ1) is 11.5. The Morgan fingerprint density at radius 1 is 1.38 bits per heavy atom. The average molecular weight is 348 g/mol. The van der Waals surface area contributed by atoms with E-state index in [9.17, 15) is 9.90 Å². The molecule has 1 aromatic carbocycles. The number of rotatable bonds is 3. The Bertz CT molecular complexity index is 757. The van der Waals surface area contributed by atoms with Gasteiger partial charge in [-0.25, -0.2) is 0 Å². The Kier molecular flexibility index (Phi) is 4.92. The number of aliphatic hydroxyl groups excluding tert-OH is 1. The minimum absolute atomic E-state index is 0.0471. The van der Waals surface area contributed by atoms with Crippen LogP contribution in [0.15, 0.2) is 24.3 Å². The van der Waals surface area contributed by atoms with E-state index in [1.165, 1.54) is 0 Å². The van der Waals surface area contributed by atoms with E-state index in [0.29, 0.717) is 35.9 Å². The monoisotopic (exact) mass is 347 g/mol. The lowest BCUT2D eigenvalue weighted by Gasteiger charge is -2.30. The van der Waals surface area contributed by atoms with Crippen LogP contribution in [0.5, 0.6) is 0 Å². The number of benzene rings is 1. The van der Waals surface area contributed by atoms with Gasteiger partial charge >= 0.3 is 0 Å². The third-order valence-corrected chi connectivity index (χ3v) is 4.93. The van der Waals surface area contributed by atoms with Gasteiger partial charge in [-0.2, -0.15) is 5.10 Å². The van der Waals surface area contributed by atoms with Crippen molar-refractivity contribution in [1.29, 1.82) is 0 Å². The highest BCUT2D eigenvalue weighted by Gasteiger charge is 2.27. The zero-order valence-corrected chi connectivity index (χ0v) is 14.8. The molecule has 6 heteroatoms. The summed E-state index contributed by atoms with van der Waals surface area (Å²) in [6.45, 7) is 5.37. The molecule has 1 unspecified atom stereocenters. The fraction of sp³-hybridized carbons (Fsp3) is 0.444. The van der Waals surface area contributed by atoms with Gasteiger partial charge in [0, 0.05) is 23.8 Å². The number of carbonyl (C=O) groups is 1. The number of nitrogens with zero attached hydrogens (tertiary/aromatic N) is 3. The largest absolute Gasteiger partial charge is 0.391 e. The number of aryl methyl sites for hydroxylation is 1. The van der Waals surface area contributed by atoms with Gasteiger partial charge in [-0.1, -0.05) is 29.8 Å². The molecule has 24 heavy (non-hydrogen) atoms. The smallest absolute Gasteiger partial charge is 0.257 e. The maximum Gasteiger partial charge on any atom is 0.257 e. The van der Waals surface area contributed by atoms with Crippen LogP contribution < -0.4 is 0 Å². The third-order valence-electron chi connectivity index (χ3n) is 4.56. The summed E-state index contributed by atoms with van der Waals surface area (Å²) in [6, 6.07) is 7.64. The van der Waals surface area contributed by atoms with Gasteiger partial charge in [0.1, 0.15) is 0 Å². The van der Waals surface area contributed by atoms with Gasteiger partial charge in [-0.05, 0) is 38.3 Å². The first-order valence-corrected chi connectivity index (χ1v) is 8.60. The number of aliphatic hydroxyl groups is 1. The highest BCUT2D eigenvalue weighted by atomic mass is 35.5. The van der Waals surface area contributed by atoms with Crippen molar-refractivity contribution in [2.75, 3.05) is 13.1 Å². The molecule has 0 spiro atoms. The molecule has 1 amide bonds. The summed E-state index contributed by atoms with van der Waals surface area (Å²) in [5, 5.41) is 15.0. The summed E-state index contributed by atoms with van der Waals surface area (Å²) < 4.78 is 1.82. The summed E-state index contributed by atoms with van der Waals surface area (Å²) in [7, 11) is 0. The molecule has 1 N–H and O–H groups in total. The fourth-order valence-electron chi connectivity index (χ4n) is 3.25. The van der Waals surface area contributed by atoms with Crippen molar-refractivity contribution in [3.8, 4) is 0 Å². The highest BCUT2D eigenvalue weighted by molar-refractivity contribution is 6.31. The molecule has 1 fully saturated rings. The molecular formula is C18H22ClN3O2. The number of hydrogen-bond acceptors (Lipinski definition) is 3. The second kappa shape index (κ2) is 6.95. The van der Waals surface area contributed by atoms with E-state index in [0.717, 1.165) is 24.1 Å². The first kappa shape index (κ1) is 17.0. The average Bonchev–Trinajstić information content (AvgIpc) is 2.83. The molecule has 128 valence electrons. The SMILES string of the molecule is Cc1nn(Cc2ccccc2Cl)c(C)c1C(=O)N1CCCC(O)C1. The molecule has 0 radical (unpaired) electrons. The topological polar surface area (TPSA) is 58.4 Å². The van der Waals surface area contributed by atoms with E-state index >= 15 is 0 Å². The van der Waals surface area contributed by atoms with Crippen molar-refractivity contribution in [2.24, 2.45) is 0 Å². The maximum atomic E-state index is 12.9. The molecule has 1 aromatic heterocycles. The minimum atomic E-state index is -0.429. The van der Waals surface area contributed by atoms with Crippen molar-refractivity contribution >= 4 is 17.5 Å². The lowest BCUT2D eigenvalue weighted by Crippen LogP contribution is -2.42. The maximum absolute atomic E-state index is 12.9. The number of likely N-dealkylation sites (tertiary alicyclic amines) is 1. The van der Waals surface area contributed by atoms with Gasteiger partial charge < -0.3 is 10.0 Å². The van der Waals surface area contributed by atoms with Crippen LogP contribution in [0, 0.1) is 13.8 Å². The van der Waals surface area contributed by atoms with Crippen LogP contribution in [0.25, 0.3) is 0 Å². The van der Waals surface area contributed by atoms with Crippen LogP contribution in [0.2, 0.25) is 5.02 Å². The summed E-state index contributed by atoms with van der Waals surface area (Å²) in [4.78, 5) is 14.6. The Morgan fingerprint density at radius 3 is 2.83 bits per heavy atom. The van der Waals surface area contributed by atoms with E-state index in [4.69, 9.17) is 11.6 Å². The zero-order valence-electron chi connectivity index (χ0n) is 14.0. The number of carbonyl (C=O) groups excluding carboxylic acids is 1. The van der Waals surface area contributed by atoms with Crippen molar-refractivity contribution < 1.29 is 9.90 Å². The van der Waals surface area contributed by atoms with Crippen molar-refractivity contribution in [2.45, 2.75) is 39.3 Å². The molecule has 2 aromatic rings. The number of β-amino-alcohol motifs (C(OH)–C–C–N with tert-alkyl or cyclic N) is 1. The summed E-state index contributed by atoms with van der Waals surface area (Å²) in [5.74, 6) is -0.0471. The van der Waals surface area contributed by atoms with Crippen LogP contribution in [-0.4, -0.2) is 44.9 Å². The van der Waals surface area contributed by atoms with Gasteiger partial charge in [-0.3, -0.25) is 9.48 Å². The second-order valence-electron chi connectivity index (χ2n) is 6.34. The molecule has 3 rings (SSSR count). The quantitative estimate of drug-likeness (QED) is 0.928. The number of amides is 1. The van der Waals surface area contributed by atoms with Crippen LogP contribution in [-0.2, 0) is 6.54 Å². The van der Waals surface area contributed by atoms with Crippen LogP contribution >= 0.6 is 11.6 Å². The van der Waals surface area contributed by atoms with E-state index < -0.39 is 6.10 Å². The highest BCUT2D eigenvalue weighted by Crippen LogP contribution is 2.22. The van der Waals surface area contributed by atoms with Crippen molar-refractivity contribution in [1.82, 2.24) is 14.7 Å². The molecule has 5 nitrogen and oxygen atoms in total. The molecule has 1 atom stereocenters. The van der Waals surface area contributed by atoms with Crippen molar-refractivity contribution in [3.63, 3.8) is 0 Å². The molecule has 0 saturated carbocycles. The molecule has 0 bridgehead atoms. The van der Waals surface area contributed by atoms with E-state index in [1.807, 2.05) is 42.8 Å². The molecule has 2 heterocycles. The molecule has 0 aliphatic carbocycles. The number of hydrogen-bond donors (Lipinski definition) is 1. The summed E-state index contributed by atoms with van der Waals surface area (Å²) in [5.41, 5.74) is 3.15. The standard InChI is InChI=1S/C18H22ClN3O2/c1-12-17(18(24)21-9-5-7-15(23)11-21)13(2)22(20-12)10-14-6-3-4-8-16(14)19/h3-4,6,8,15,23H,5,7,9-11H2,1-2H3. The van der Waals surface area contributed by atoms with Gasteiger partial charge in [0.25, 0.3) is 5.91 Å². The number of piperidine rings is 1. The first-order valence-electron chi connectivity index (χ1n) is 8.22. The van der Waals surface area contributed by atoms with E-state index in [1.54, 1.807) is 4.90 Å². The molecule has 1 aliphatic rings. The van der Waals surface area contributed by atoms with E-state index in [2.05, 4.69) is 5.10 Å². The van der Waals surface area contributed by atoms with Crippen LogP contribution in [0.4, 0.5) is 0 Å². The minimum Gasteiger partial charge on any atom is -0.391 e. The fourth-order valence-corrected chi connectivity index (χ4v) is 3.44. The molecule has 1 aliphatic heterocycles. The van der Waals surface area contributed by atoms with Gasteiger partial charge in [-0.15, -0.1) is 0 Å².